The number of methoxy groups -OCH3 is 2. The van der Waals surface area contributed by atoms with Gasteiger partial charge in [-0.1, -0.05) is 0 Å². The molecule has 0 bridgehead atoms. The van der Waals surface area contributed by atoms with Crippen molar-refractivity contribution in [3.8, 4) is 22.8 Å². The summed E-state index contributed by atoms with van der Waals surface area (Å²) in [6, 6.07) is 11.3. The number of hydrogen-bond acceptors (Lipinski definition) is 10. The molecule has 0 saturated carbocycles. The van der Waals surface area contributed by atoms with Gasteiger partial charge in [0.05, 0.1) is 11.8 Å². The first-order chi connectivity index (χ1) is 20.9. The topological polar surface area (TPSA) is 144 Å². The molecule has 2 N–H and O–H groups in total. The molecule has 238 valence electrons. The number of aromatic nitrogens is 3. The van der Waals surface area contributed by atoms with Gasteiger partial charge in [-0.05, 0) is 62.4 Å². The maximum absolute atomic E-state index is 12.7. The smallest absolute Gasteiger partial charge is 0.416 e. The van der Waals surface area contributed by atoms with Crippen molar-refractivity contribution >= 4 is 23.6 Å². The first-order valence-corrected chi connectivity index (χ1v) is 13.4. The molecule has 13 nitrogen and oxygen atoms in total. The number of nitrogens with one attached hydrogen (secondary N) is 2. The molecule has 3 aromatic rings. The van der Waals surface area contributed by atoms with Crippen LogP contribution in [0.15, 0.2) is 48.5 Å². The van der Waals surface area contributed by atoms with Gasteiger partial charge in [-0.2, -0.15) is 9.67 Å². The lowest BCUT2D eigenvalue weighted by Crippen LogP contribution is -2.60. The fourth-order valence-corrected chi connectivity index (χ4v) is 4.62. The molecular formula is C28H32F3N5O8. The Labute approximate surface area is 250 Å². The number of rotatable bonds is 10. The van der Waals surface area contributed by atoms with Crippen molar-refractivity contribution in [3.63, 3.8) is 0 Å². The normalized spacial score (nSPS) is 21.9. The summed E-state index contributed by atoms with van der Waals surface area (Å²) >= 11 is 0. The van der Waals surface area contributed by atoms with Crippen molar-refractivity contribution in [1.29, 1.82) is 0 Å². The third-order valence-electron chi connectivity index (χ3n) is 6.45. The number of anilines is 2. The lowest BCUT2D eigenvalue weighted by atomic mass is 9.99. The molecule has 4 rings (SSSR count). The highest BCUT2D eigenvalue weighted by Gasteiger charge is 2.47. The highest BCUT2D eigenvalue weighted by Crippen LogP contribution is 2.29. The van der Waals surface area contributed by atoms with Crippen molar-refractivity contribution < 1.29 is 51.2 Å². The summed E-state index contributed by atoms with van der Waals surface area (Å²) in [6.45, 7) is 5.29. The van der Waals surface area contributed by atoms with Crippen molar-refractivity contribution in [2.75, 3.05) is 31.5 Å². The maximum Gasteiger partial charge on any atom is 0.573 e. The first kappa shape index (κ1) is 32.7. The number of benzene rings is 2. The molecule has 44 heavy (non-hydrogen) atoms. The van der Waals surface area contributed by atoms with E-state index in [9.17, 15) is 22.8 Å². The second-order valence-corrected chi connectivity index (χ2v) is 9.53. The Kier molecular flexibility index (Phi) is 10.4. The van der Waals surface area contributed by atoms with Crippen LogP contribution >= 0.6 is 0 Å². The van der Waals surface area contributed by atoms with Crippen LogP contribution in [-0.4, -0.2) is 84.7 Å². The summed E-state index contributed by atoms with van der Waals surface area (Å²) in [6.07, 6.45) is -8.84. The second kappa shape index (κ2) is 14.0. The number of carbonyl (C=O) groups is 2. The molecule has 0 radical (unpaired) electrons. The third kappa shape index (κ3) is 8.02. The molecular weight excluding hydrogens is 591 g/mol. The molecule has 2 aromatic carbocycles. The van der Waals surface area contributed by atoms with Crippen molar-refractivity contribution in [2.45, 2.75) is 57.8 Å². The molecule has 1 aliphatic heterocycles. The Morgan fingerprint density at radius 2 is 1.64 bits per heavy atom. The van der Waals surface area contributed by atoms with E-state index in [1.807, 2.05) is 6.92 Å². The van der Waals surface area contributed by atoms with Crippen molar-refractivity contribution in [1.82, 2.24) is 14.8 Å². The zero-order valence-electron chi connectivity index (χ0n) is 24.5. The SMILES string of the molecule is CCO[C@@H]1[C@@H](OC)[C@H](C)O[C@@H](OC(=O)Nc2ccc(-c3nc(NC(C)=O)n(-c4ccc(OC(F)(F)F)cc4)n3)cc2)[C@@H]1OC. The number of carbonyl (C=O) groups excluding carboxylic acids is 2. The molecule has 16 heteroatoms. The zero-order chi connectivity index (χ0) is 32.0. The number of halogens is 3. The van der Waals surface area contributed by atoms with Crippen molar-refractivity contribution in [3.05, 3.63) is 48.5 Å². The van der Waals surface area contributed by atoms with Gasteiger partial charge in [0.15, 0.2) is 5.82 Å². The molecule has 5 atom stereocenters. The van der Waals surface area contributed by atoms with Gasteiger partial charge in [-0.15, -0.1) is 18.3 Å². The second-order valence-electron chi connectivity index (χ2n) is 9.53. The highest BCUT2D eigenvalue weighted by molar-refractivity contribution is 5.87. The van der Waals surface area contributed by atoms with Crippen LogP contribution in [0.5, 0.6) is 5.75 Å². The molecule has 1 saturated heterocycles. The number of alkyl halides is 3. The van der Waals surface area contributed by atoms with E-state index in [4.69, 9.17) is 23.7 Å². The van der Waals surface area contributed by atoms with Gasteiger partial charge in [0.1, 0.15) is 24.1 Å². The predicted octanol–water partition coefficient (Wildman–Crippen LogP) is 4.52. The lowest BCUT2D eigenvalue weighted by Gasteiger charge is -2.43. The summed E-state index contributed by atoms with van der Waals surface area (Å²) in [5.74, 6) is -0.614. The average Bonchev–Trinajstić information content (AvgIpc) is 3.36. The van der Waals surface area contributed by atoms with Crippen molar-refractivity contribution in [2.24, 2.45) is 0 Å². The summed E-state index contributed by atoms with van der Waals surface area (Å²) in [7, 11) is 3.00. The van der Waals surface area contributed by atoms with Gasteiger partial charge < -0.3 is 28.4 Å². The average molecular weight is 624 g/mol. The number of hydrogen-bond donors (Lipinski definition) is 2. The fourth-order valence-electron chi connectivity index (χ4n) is 4.62. The Morgan fingerprint density at radius 1 is 0.977 bits per heavy atom. The molecule has 2 amide bonds. The van der Waals surface area contributed by atoms with Gasteiger partial charge in [0, 0.05) is 39.0 Å². The highest BCUT2D eigenvalue weighted by atomic mass is 19.4. The molecule has 0 aliphatic carbocycles. The summed E-state index contributed by atoms with van der Waals surface area (Å²) in [5.41, 5.74) is 1.22. The van der Waals surface area contributed by atoms with Crippen LogP contribution in [0.3, 0.4) is 0 Å². The number of ether oxygens (including phenoxy) is 6. The molecule has 0 unspecified atom stereocenters. The van der Waals surface area contributed by atoms with E-state index in [2.05, 4.69) is 25.5 Å². The van der Waals surface area contributed by atoms with E-state index < -0.39 is 54.8 Å². The van der Waals surface area contributed by atoms with E-state index in [0.717, 1.165) is 12.1 Å². The van der Waals surface area contributed by atoms with E-state index >= 15 is 0 Å². The Bertz CT molecular complexity index is 1420. The van der Waals surface area contributed by atoms with Gasteiger partial charge in [-0.3, -0.25) is 15.4 Å². The predicted molar refractivity (Wildman–Crippen MR) is 149 cm³/mol. The zero-order valence-corrected chi connectivity index (χ0v) is 24.5. The van der Waals surface area contributed by atoms with E-state index in [1.165, 1.54) is 38.0 Å². The van der Waals surface area contributed by atoms with Crippen LogP contribution in [0.4, 0.5) is 29.6 Å². The minimum Gasteiger partial charge on any atom is -0.416 e. The fraction of sp³-hybridized carbons (Fsp3) is 0.429. The van der Waals surface area contributed by atoms with E-state index in [0.29, 0.717) is 23.5 Å². The maximum atomic E-state index is 12.7. The van der Waals surface area contributed by atoms with E-state index in [-0.39, 0.29) is 11.8 Å². The first-order valence-electron chi connectivity index (χ1n) is 13.4. The largest absolute Gasteiger partial charge is 0.573 e. The van der Waals surface area contributed by atoms with Gasteiger partial charge in [0.25, 0.3) is 0 Å². The standard InChI is InChI=1S/C28H32F3N5O8/c1-6-41-22-21(39-4)15(2)42-25(23(22)40-5)43-27(38)33-18-9-7-17(8-10-18)24-34-26(32-16(3)37)36(35-24)19-11-13-20(14-12-19)44-28(29,30)31/h7-15,21-23,25H,6H2,1-5H3,(H,33,38)(H,32,34,35,37)/t15-,21-,22+,23+,25-/m0/s1. The van der Waals surface area contributed by atoms with E-state index in [1.54, 1.807) is 31.2 Å². The number of nitrogens with zero attached hydrogens (tertiary/aromatic N) is 3. The lowest BCUT2D eigenvalue weighted by molar-refractivity contribution is -0.292. The Morgan fingerprint density at radius 3 is 2.20 bits per heavy atom. The quantitative estimate of drug-likeness (QED) is 0.331. The summed E-state index contributed by atoms with van der Waals surface area (Å²) in [4.78, 5) is 28.9. The minimum absolute atomic E-state index is 0.0400. The van der Waals surface area contributed by atoms with Crippen LogP contribution in [0.1, 0.15) is 20.8 Å². The van der Waals surface area contributed by atoms with Crippen LogP contribution in [0.25, 0.3) is 17.1 Å². The molecule has 1 aliphatic rings. The van der Waals surface area contributed by atoms with Gasteiger partial charge >= 0.3 is 12.5 Å². The van der Waals surface area contributed by atoms with Gasteiger partial charge in [-0.25, -0.2) is 4.79 Å². The van der Waals surface area contributed by atoms with Crippen LogP contribution in [0.2, 0.25) is 0 Å². The monoisotopic (exact) mass is 623 g/mol. The minimum atomic E-state index is -4.84. The third-order valence-corrected chi connectivity index (χ3v) is 6.45. The van der Waals surface area contributed by atoms with Crippen LogP contribution in [-0.2, 0) is 28.5 Å². The number of amides is 2. The van der Waals surface area contributed by atoms with Crippen LogP contribution in [0, 0.1) is 0 Å². The van der Waals surface area contributed by atoms with Crippen LogP contribution < -0.4 is 15.4 Å². The molecule has 0 spiro atoms. The van der Waals surface area contributed by atoms with Gasteiger partial charge in [0.2, 0.25) is 18.1 Å². The Balaban J connectivity index is 1.47. The molecule has 1 fully saturated rings. The summed E-state index contributed by atoms with van der Waals surface area (Å²) in [5, 5.41) is 9.57. The summed E-state index contributed by atoms with van der Waals surface area (Å²) < 4.78 is 71.0. The Hall–Kier alpha value is -4.25. The molecule has 2 heterocycles. The molecule has 1 aromatic heterocycles.